The van der Waals surface area contributed by atoms with Crippen LogP contribution in [0.2, 0.25) is 0 Å². The van der Waals surface area contributed by atoms with E-state index in [1.807, 2.05) is 18.7 Å². The summed E-state index contributed by atoms with van der Waals surface area (Å²) in [6, 6.07) is -0.389. The van der Waals surface area contributed by atoms with Gasteiger partial charge in [0, 0.05) is 12.6 Å². The highest BCUT2D eigenvalue weighted by atomic mass is 19.4. The van der Waals surface area contributed by atoms with E-state index in [-0.39, 0.29) is 24.9 Å². The summed E-state index contributed by atoms with van der Waals surface area (Å²) in [6.45, 7) is 6.98. The monoisotopic (exact) mass is 310 g/mol. The Labute approximate surface area is 124 Å². The molecule has 1 rings (SSSR count). The predicted octanol–water partition coefficient (Wildman–Crippen LogP) is 2.19. The standard InChI is InChI=1S/C14H25F3N2O2/c1-4-21-13(20)12(18-10(2)3)9-19-7-5-11(6-8-19)14(15,16)17/h10-12,18H,4-9H2,1-3H3. The number of esters is 1. The fourth-order valence-electron chi connectivity index (χ4n) is 2.54. The lowest BCUT2D eigenvalue weighted by molar-refractivity contribution is -0.185. The third kappa shape index (κ3) is 6.22. The van der Waals surface area contributed by atoms with Crippen molar-refractivity contribution in [2.45, 2.75) is 51.9 Å². The molecule has 0 spiro atoms. The minimum Gasteiger partial charge on any atom is -0.465 e. The first-order valence-corrected chi connectivity index (χ1v) is 7.45. The van der Waals surface area contributed by atoms with Crippen molar-refractivity contribution in [2.75, 3.05) is 26.2 Å². The molecule has 21 heavy (non-hydrogen) atoms. The number of carbonyl (C=O) groups excluding carboxylic acids is 1. The van der Waals surface area contributed by atoms with Crippen molar-refractivity contribution >= 4 is 5.97 Å². The maximum absolute atomic E-state index is 12.6. The van der Waals surface area contributed by atoms with Gasteiger partial charge in [-0.25, -0.2) is 0 Å². The van der Waals surface area contributed by atoms with E-state index in [2.05, 4.69) is 5.32 Å². The highest BCUT2D eigenvalue weighted by Crippen LogP contribution is 2.34. The summed E-state index contributed by atoms with van der Waals surface area (Å²) in [4.78, 5) is 13.8. The van der Waals surface area contributed by atoms with E-state index in [1.165, 1.54) is 0 Å². The Bertz CT molecular complexity index is 327. The van der Waals surface area contributed by atoms with Crippen molar-refractivity contribution in [3.05, 3.63) is 0 Å². The van der Waals surface area contributed by atoms with E-state index in [9.17, 15) is 18.0 Å². The molecule has 0 aromatic rings. The van der Waals surface area contributed by atoms with Crippen LogP contribution in [0.5, 0.6) is 0 Å². The number of likely N-dealkylation sites (tertiary alicyclic amines) is 1. The van der Waals surface area contributed by atoms with Crippen LogP contribution in [0.15, 0.2) is 0 Å². The molecule has 1 saturated heterocycles. The minimum absolute atomic E-state index is 0.0979. The van der Waals surface area contributed by atoms with Crippen LogP contribution in [-0.2, 0) is 9.53 Å². The number of carbonyl (C=O) groups is 1. The molecule has 0 aromatic heterocycles. The van der Waals surface area contributed by atoms with E-state index in [0.29, 0.717) is 26.2 Å². The molecular formula is C14H25F3N2O2. The zero-order chi connectivity index (χ0) is 16.0. The zero-order valence-electron chi connectivity index (χ0n) is 12.9. The summed E-state index contributed by atoms with van der Waals surface area (Å²) in [5, 5.41) is 3.11. The minimum atomic E-state index is -4.11. The van der Waals surface area contributed by atoms with Crippen molar-refractivity contribution in [3.63, 3.8) is 0 Å². The molecule has 1 N–H and O–H groups in total. The molecule has 4 nitrogen and oxygen atoms in total. The normalized spacial score (nSPS) is 19.8. The fraction of sp³-hybridized carbons (Fsp3) is 0.929. The molecular weight excluding hydrogens is 285 g/mol. The molecule has 0 saturated carbocycles. The fourth-order valence-corrected chi connectivity index (χ4v) is 2.54. The number of alkyl halides is 3. The van der Waals surface area contributed by atoms with Crippen LogP contribution in [0.3, 0.4) is 0 Å². The Morgan fingerprint density at radius 1 is 1.33 bits per heavy atom. The van der Waals surface area contributed by atoms with E-state index in [0.717, 1.165) is 0 Å². The van der Waals surface area contributed by atoms with E-state index in [4.69, 9.17) is 4.74 Å². The van der Waals surface area contributed by atoms with E-state index < -0.39 is 18.1 Å². The number of nitrogens with one attached hydrogen (secondary N) is 1. The van der Waals surface area contributed by atoms with E-state index in [1.54, 1.807) is 6.92 Å². The quantitative estimate of drug-likeness (QED) is 0.764. The second kappa shape index (κ2) is 7.98. The van der Waals surface area contributed by atoms with Gasteiger partial charge in [-0.05, 0) is 32.9 Å². The number of nitrogens with zero attached hydrogens (tertiary/aromatic N) is 1. The smallest absolute Gasteiger partial charge is 0.391 e. The molecule has 1 heterocycles. The second-order valence-corrected chi connectivity index (χ2v) is 5.74. The third-order valence-electron chi connectivity index (χ3n) is 3.60. The lowest BCUT2D eigenvalue weighted by atomic mass is 9.96. The third-order valence-corrected chi connectivity index (χ3v) is 3.60. The predicted molar refractivity (Wildman–Crippen MR) is 73.9 cm³/mol. The molecule has 1 aliphatic heterocycles. The van der Waals surface area contributed by atoms with Crippen molar-refractivity contribution in [1.29, 1.82) is 0 Å². The van der Waals surface area contributed by atoms with Gasteiger partial charge >= 0.3 is 12.1 Å². The molecule has 0 radical (unpaired) electrons. The lowest BCUT2D eigenvalue weighted by Crippen LogP contribution is -2.51. The molecule has 124 valence electrons. The number of hydrogen-bond donors (Lipinski definition) is 1. The van der Waals surface area contributed by atoms with Crippen molar-refractivity contribution in [3.8, 4) is 0 Å². The van der Waals surface area contributed by atoms with Gasteiger partial charge in [0.05, 0.1) is 12.5 Å². The van der Waals surface area contributed by atoms with Crippen molar-refractivity contribution in [1.82, 2.24) is 10.2 Å². The molecule has 1 unspecified atom stereocenters. The van der Waals surface area contributed by atoms with Crippen molar-refractivity contribution in [2.24, 2.45) is 5.92 Å². The van der Waals surface area contributed by atoms with Crippen molar-refractivity contribution < 1.29 is 22.7 Å². The number of rotatable bonds is 6. The van der Waals surface area contributed by atoms with Gasteiger partial charge in [-0.15, -0.1) is 0 Å². The SMILES string of the molecule is CCOC(=O)C(CN1CCC(C(F)(F)F)CC1)NC(C)C. The molecule has 0 bridgehead atoms. The molecule has 0 aliphatic carbocycles. The van der Waals surface area contributed by atoms with Gasteiger partial charge < -0.3 is 15.0 Å². The van der Waals surface area contributed by atoms with Gasteiger partial charge in [-0.1, -0.05) is 13.8 Å². The van der Waals surface area contributed by atoms with Gasteiger partial charge in [0.1, 0.15) is 6.04 Å². The van der Waals surface area contributed by atoms with Gasteiger partial charge in [0.15, 0.2) is 0 Å². The average Bonchev–Trinajstić information content (AvgIpc) is 2.37. The Morgan fingerprint density at radius 3 is 2.33 bits per heavy atom. The molecule has 0 aromatic carbocycles. The number of hydrogen-bond acceptors (Lipinski definition) is 4. The first kappa shape index (κ1) is 18.2. The Morgan fingerprint density at radius 2 is 1.90 bits per heavy atom. The van der Waals surface area contributed by atoms with Gasteiger partial charge in [0.25, 0.3) is 0 Å². The Hall–Kier alpha value is -0.820. The molecule has 1 atom stereocenters. The van der Waals surface area contributed by atoms with Crippen LogP contribution in [0, 0.1) is 5.92 Å². The summed E-state index contributed by atoms with van der Waals surface area (Å²) in [6.07, 6.45) is -3.91. The largest absolute Gasteiger partial charge is 0.465 e. The van der Waals surface area contributed by atoms with Crippen LogP contribution in [0.1, 0.15) is 33.6 Å². The maximum Gasteiger partial charge on any atom is 0.391 e. The number of halogens is 3. The van der Waals surface area contributed by atoms with Crippen LogP contribution in [-0.4, -0.2) is 55.4 Å². The number of ether oxygens (including phenoxy) is 1. The summed E-state index contributed by atoms with van der Waals surface area (Å²) in [5.41, 5.74) is 0. The Balaban J connectivity index is 2.51. The molecule has 7 heteroatoms. The van der Waals surface area contributed by atoms with Crippen LogP contribution in [0.25, 0.3) is 0 Å². The Kier molecular flexibility index (Phi) is 6.93. The molecule has 1 aliphatic rings. The van der Waals surface area contributed by atoms with Gasteiger partial charge in [-0.2, -0.15) is 13.2 Å². The summed E-state index contributed by atoms with van der Waals surface area (Å²) >= 11 is 0. The second-order valence-electron chi connectivity index (χ2n) is 5.74. The first-order chi connectivity index (χ1) is 9.74. The lowest BCUT2D eigenvalue weighted by Gasteiger charge is -2.34. The highest BCUT2D eigenvalue weighted by molar-refractivity contribution is 5.76. The van der Waals surface area contributed by atoms with Crippen LogP contribution in [0.4, 0.5) is 13.2 Å². The van der Waals surface area contributed by atoms with Crippen LogP contribution >= 0.6 is 0 Å². The average molecular weight is 310 g/mol. The van der Waals surface area contributed by atoms with Gasteiger partial charge in [0.2, 0.25) is 0 Å². The summed E-state index contributed by atoms with van der Waals surface area (Å²) in [7, 11) is 0. The topological polar surface area (TPSA) is 41.6 Å². The first-order valence-electron chi connectivity index (χ1n) is 7.45. The van der Waals surface area contributed by atoms with Crippen LogP contribution < -0.4 is 5.32 Å². The molecule has 0 amide bonds. The summed E-state index contributed by atoms with van der Waals surface area (Å²) < 4.78 is 42.9. The maximum atomic E-state index is 12.6. The molecule has 1 fully saturated rings. The number of piperidine rings is 1. The zero-order valence-corrected chi connectivity index (χ0v) is 12.9. The van der Waals surface area contributed by atoms with E-state index >= 15 is 0 Å². The van der Waals surface area contributed by atoms with Gasteiger partial charge in [-0.3, -0.25) is 4.79 Å². The summed E-state index contributed by atoms with van der Waals surface area (Å²) in [5.74, 6) is -1.56. The highest BCUT2D eigenvalue weighted by Gasteiger charge is 2.41.